The molecular weight excluding hydrogens is 476 g/mol. The Morgan fingerprint density at radius 3 is 2.12 bits per heavy atom. The number of halogens is 1. The van der Waals surface area contributed by atoms with Gasteiger partial charge in [-0.05, 0) is 54.4 Å². The SMILES string of the molecule is C[C@@H](CO)NC(=O)c1ccc(CN(C(CO)c2ccccc2)S(=O)(=O)c2ccc(Cl)cc2)cc1. The van der Waals surface area contributed by atoms with Crippen LogP contribution in [0.1, 0.15) is 34.5 Å². The van der Waals surface area contributed by atoms with Gasteiger partial charge in [0.05, 0.1) is 24.2 Å². The zero-order valence-corrected chi connectivity index (χ0v) is 20.2. The second-order valence-electron chi connectivity index (χ2n) is 7.87. The molecule has 3 rings (SSSR count). The van der Waals surface area contributed by atoms with Gasteiger partial charge in [-0.3, -0.25) is 4.79 Å². The molecule has 1 amide bonds. The predicted molar refractivity (Wildman–Crippen MR) is 131 cm³/mol. The Morgan fingerprint density at radius 1 is 0.941 bits per heavy atom. The van der Waals surface area contributed by atoms with E-state index in [1.807, 2.05) is 6.07 Å². The number of nitrogens with one attached hydrogen (secondary N) is 1. The summed E-state index contributed by atoms with van der Waals surface area (Å²) in [6.07, 6.45) is 0. The minimum atomic E-state index is -4.01. The lowest BCUT2D eigenvalue weighted by molar-refractivity contribution is 0.0922. The van der Waals surface area contributed by atoms with Gasteiger partial charge in [-0.1, -0.05) is 54.1 Å². The summed E-state index contributed by atoms with van der Waals surface area (Å²) in [5, 5.41) is 22.4. The third-order valence-electron chi connectivity index (χ3n) is 5.33. The van der Waals surface area contributed by atoms with E-state index >= 15 is 0 Å². The molecule has 0 aliphatic rings. The summed E-state index contributed by atoms with van der Waals surface area (Å²) in [5.74, 6) is -0.337. The van der Waals surface area contributed by atoms with Gasteiger partial charge in [-0.2, -0.15) is 4.31 Å². The summed E-state index contributed by atoms with van der Waals surface area (Å²) >= 11 is 5.94. The maximum absolute atomic E-state index is 13.6. The molecule has 180 valence electrons. The van der Waals surface area contributed by atoms with Gasteiger partial charge in [-0.25, -0.2) is 8.42 Å². The van der Waals surface area contributed by atoms with E-state index in [9.17, 15) is 18.3 Å². The zero-order chi connectivity index (χ0) is 24.7. The van der Waals surface area contributed by atoms with Crippen LogP contribution in [0.4, 0.5) is 0 Å². The summed E-state index contributed by atoms with van der Waals surface area (Å²) in [5.41, 5.74) is 1.67. The average Bonchev–Trinajstić information content (AvgIpc) is 2.85. The highest BCUT2D eigenvalue weighted by Crippen LogP contribution is 2.30. The van der Waals surface area contributed by atoms with Crippen LogP contribution in [0.2, 0.25) is 5.02 Å². The normalized spacial score (nSPS) is 13.4. The highest BCUT2D eigenvalue weighted by Gasteiger charge is 2.32. The highest BCUT2D eigenvalue weighted by atomic mass is 35.5. The molecule has 7 nitrogen and oxygen atoms in total. The van der Waals surface area contributed by atoms with Gasteiger partial charge in [0.25, 0.3) is 5.91 Å². The molecule has 0 bridgehead atoms. The van der Waals surface area contributed by atoms with Crippen molar-refractivity contribution in [2.24, 2.45) is 0 Å². The molecule has 0 aliphatic heterocycles. The van der Waals surface area contributed by atoms with Crippen LogP contribution >= 0.6 is 11.6 Å². The first-order valence-electron chi connectivity index (χ1n) is 10.7. The number of carbonyl (C=O) groups is 1. The van der Waals surface area contributed by atoms with E-state index in [-0.39, 0.29) is 30.0 Å². The monoisotopic (exact) mass is 502 g/mol. The van der Waals surface area contributed by atoms with Gasteiger partial charge in [0.1, 0.15) is 0 Å². The van der Waals surface area contributed by atoms with Gasteiger partial charge >= 0.3 is 0 Å². The Hall–Kier alpha value is -2.75. The topological polar surface area (TPSA) is 107 Å². The van der Waals surface area contributed by atoms with E-state index in [1.54, 1.807) is 55.5 Å². The molecule has 0 fully saturated rings. The minimum absolute atomic E-state index is 0.0278. The van der Waals surface area contributed by atoms with E-state index < -0.39 is 22.7 Å². The fraction of sp³-hybridized carbons (Fsp3) is 0.240. The predicted octanol–water partition coefficient (Wildman–Crippen LogP) is 3.38. The van der Waals surface area contributed by atoms with E-state index in [2.05, 4.69) is 5.32 Å². The molecule has 0 radical (unpaired) electrons. The summed E-state index contributed by atoms with van der Waals surface area (Å²) in [6, 6.07) is 20.1. The Balaban J connectivity index is 1.96. The molecule has 0 spiro atoms. The summed E-state index contributed by atoms with van der Waals surface area (Å²) < 4.78 is 28.5. The third kappa shape index (κ3) is 6.22. The number of carbonyl (C=O) groups excluding carboxylic acids is 1. The Kier molecular flexibility index (Phi) is 8.82. The van der Waals surface area contributed by atoms with E-state index in [4.69, 9.17) is 16.7 Å². The van der Waals surface area contributed by atoms with Crippen molar-refractivity contribution < 1.29 is 23.4 Å². The minimum Gasteiger partial charge on any atom is -0.394 e. The molecule has 0 heterocycles. The van der Waals surface area contributed by atoms with Gasteiger partial charge in [0, 0.05) is 23.2 Å². The Bertz CT molecular complexity index is 1190. The Labute approximate surface area is 204 Å². The number of sulfonamides is 1. The number of benzene rings is 3. The summed E-state index contributed by atoms with van der Waals surface area (Å²) in [4.78, 5) is 12.3. The van der Waals surface area contributed by atoms with Crippen LogP contribution in [0, 0.1) is 0 Å². The molecule has 0 saturated carbocycles. The number of amides is 1. The standard InChI is InChI=1S/C25H27ClN2O5S/c1-18(16-29)27-25(31)21-9-7-19(8-10-21)15-28(24(17-30)20-5-3-2-4-6-20)34(32,33)23-13-11-22(26)12-14-23/h2-14,18,24,29-30H,15-17H2,1H3,(H,27,31)/t18-,24?/m0/s1. The van der Waals surface area contributed by atoms with Crippen LogP contribution in [-0.2, 0) is 16.6 Å². The lowest BCUT2D eigenvalue weighted by Crippen LogP contribution is -2.36. The molecule has 1 unspecified atom stereocenters. The van der Waals surface area contributed by atoms with Crippen molar-refractivity contribution >= 4 is 27.5 Å². The Morgan fingerprint density at radius 2 is 1.56 bits per heavy atom. The van der Waals surface area contributed by atoms with Crippen molar-refractivity contribution in [2.45, 2.75) is 30.4 Å². The van der Waals surface area contributed by atoms with Crippen LogP contribution in [-0.4, -0.2) is 48.1 Å². The fourth-order valence-corrected chi connectivity index (χ4v) is 5.16. The van der Waals surface area contributed by atoms with Crippen molar-refractivity contribution in [1.82, 2.24) is 9.62 Å². The number of aliphatic hydroxyl groups excluding tert-OH is 2. The molecule has 3 aromatic rings. The first-order chi connectivity index (χ1) is 16.3. The average molecular weight is 503 g/mol. The molecule has 0 aliphatic carbocycles. The van der Waals surface area contributed by atoms with E-state index in [0.29, 0.717) is 21.7 Å². The zero-order valence-electron chi connectivity index (χ0n) is 18.6. The molecule has 3 aromatic carbocycles. The fourth-order valence-electron chi connectivity index (χ4n) is 3.44. The molecule has 34 heavy (non-hydrogen) atoms. The first-order valence-corrected chi connectivity index (χ1v) is 12.5. The van der Waals surface area contributed by atoms with Gasteiger partial charge in [0.15, 0.2) is 0 Å². The smallest absolute Gasteiger partial charge is 0.251 e. The molecule has 9 heteroatoms. The van der Waals surface area contributed by atoms with Crippen molar-refractivity contribution in [3.05, 3.63) is 101 Å². The van der Waals surface area contributed by atoms with Gasteiger partial charge < -0.3 is 15.5 Å². The van der Waals surface area contributed by atoms with Crippen molar-refractivity contribution in [1.29, 1.82) is 0 Å². The molecular formula is C25H27ClN2O5S. The van der Waals surface area contributed by atoms with Crippen LogP contribution in [0.25, 0.3) is 0 Å². The van der Waals surface area contributed by atoms with Crippen LogP contribution in [0.5, 0.6) is 0 Å². The van der Waals surface area contributed by atoms with Crippen LogP contribution in [0.3, 0.4) is 0 Å². The number of aliphatic hydroxyl groups is 2. The molecule has 0 saturated heterocycles. The van der Waals surface area contributed by atoms with Crippen LogP contribution < -0.4 is 5.32 Å². The molecule has 3 N–H and O–H groups in total. The van der Waals surface area contributed by atoms with Gasteiger partial charge in [0.2, 0.25) is 10.0 Å². The maximum Gasteiger partial charge on any atom is 0.251 e. The summed E-state index contributed by atoms with van der Waals surface area (Å²) in [7, 11) is -4.01. The first kappa shape index (κ1) is 25.9. The van der Waals surface area contributed by atoms with Crippen molar-refractivity contribution in [3.63, 3.8) is 0 Å². The van der Waals surface area contributed by atoms with Crippen molar-refractivity contribution in [2.75, 3.05) is 13.2 Å². The van der Waals surface area contributed by atoms with E-state index in [0.717, 1.165) is 0 Å². The summed E-state index contributed by atoms with van der Waals surface area (Å²) in [6.45, 7) is 1.06. The number of rotatable bonds is 10. The largest absolute Gasteiger partial charge is 0.394 e. The highest BCUT2D eigenvalue weighted by molar-refractivity contribution is 7.89. The molecule has 2 atom stereocenters. The number of nitrogens with zero attached hydrogens (tertiary/aromatic N) is 1. The number of hydrogen-bond donors (Lipinski definition) is 3. The molecule has 0 aromatic heterocycles. The van der Waals surface area contributed by atoms with Crippen LogP contribution in [0.15, 0.2) is 83.8 Å². The maximum atomic E-state index is 13.6. The number of hydrogen-bond acceptors (Lipinski definition) is 5. The van der Waals surface area contributed by atoms with Gasteiger partial charge in [-0.15, -0.1) is 0 Å². The lowest BCUT2D eigenvalue weighted by Gasteiger charge is -2.30. The third-order valence-corrected chi connectivity index (χ3v) is 7.45. The lowest BCUT2D eigenvalue weighted by atomic mass is 10.1. The van der Waals surface area contributed by atoms with Crippen molar-refractivity contribution in [3.8, 4) is 0 Å². The second-order valence-corrected chi connectivity index (χ2v) is 10.2. The second kappa shape index (κ2) is 11.6. The van der Waals surface area contributed by atoms with E-state index in [1.165, 1.54) is 28.6 Å². The quantitative estimate of drug-likeness (QED) is 0.394.